The zero-order valence-corrected chi connectivity index (χ0v) is 18.7. The minimum atomic E-state index is -4.25. The minimum Gasteiger partial charge on any atom is -0.735 e. The maximum atomic E-state index is 10.3. The predicted octanol–water partition coefficient (Wildman–Crippen LogP) is 2.08. The fourth-order valence-corrected chi connectivity index (χ4v) is 2.96. The van der Waals surface area contributed by atoms with Crippen molar-refractivity contribution in [3.8, 4) is 0 Å². The molecule has 0 radical (unpaired) electrons. The van der Waals surface area contributed by atoms with Gasteiger partial charge in [-0.1, -0.05) is 76.9 Å². The van der Waals surface area contributed by atoms with Gasteiger partial charge in [-0.3, -0.25) is 0 Å². The van der Waals surface area contributed by atoms with Crippen LogP contribution in [0.4, 0.5) is 0 Å². The molecule has 4 nitrogen and oxygen atoms in total. The molecule has 0 bridgehead atoms. The molecule has 138 valence electrons. The maximum Gasteiger partial charge on any atom is 1.00 e. The van der Waals surface area contributed by atoms with Gasteiger partial charge in [-0.25, -0.2) is 13.1 Å². The van der Waals surface area contributed by atoms with Gasteiger partial charge in [0.25, 0.3) is 0 Å². The molecule has 0 aliphatic heterocycles. The van der Waals surface area contributed by atoms with Gasteiger partial charge < -0.3 is 4.55 Å². The SMILES string of the molecule is CCCCCCCCC=CCCCCCCCCNS(=O)(=O)[O-].[Na+]. The van der Waals surface area contributed by atoms with E-state index in [1.165, 1.54) is 70.6 Å². The van der Waals surface area contributed by atoms with Crippen LogP contribution in [0.1, 0.15) is 96.8 Å². The number of unbranched alkanes of at least 4 members (excludes halogenated alkanes) is 12. The van der Waals surface area contributed by atoms with Crippen LogP contribution in [-0.2, 0) is 10.3 Å². The Labute approximate surface area is 172 Å². The van der Waals surface area contributed by atoms with E-state index in [9.17, 15) is 13.0 Å². The number of hydrogen-bond donors (Lipinski definition) is 1. The van der Waals surface area contributed by atoms with E-state index < -0.39 is 10.3 Å². The topological polar surface area (TPSA) is 69.2 Å². The maximum absolute atomic E-state index is 10.3. The first kappa shape index (κ1) is 26.8. The summed E-state index contributed by atoms with van der Waals surface area (Å²) in [6.07, 6.45) is 21.7. The Bertz CT molecular complexity index is 372. The Morgan fingerprint density at radius 1 is 0.750 bits per heavy atom. The third kappa shape index (κ3) is 24.9. The quantitative estimate of drug-likeness (QED) is 0.185. The Morgan fingerprint density at radius 2 is 1.17 bits per heavy atom. The molecule has 24 heavy (non-hydrogen) atoms. The van der Waals surface area contributed by atoms with Crippen LogP contribution in [0.5, 0.6) is 0 Å². The van der Waals surface area contributed by atoms with E-state index >= 15 is 0 Å². The smallest absolute Gasteiger partial charge is 0.735 e. The van der Waals surface area contributed by atoms with Crippen LogP contribution < -0.4 is 34.3 Å². The van der Waals surface area contributed by atoms with Gasteiger partial charge in [0.05, 0.1) is 0 Å². The molecular formula is C18H36NNaO3S. The van der Waals surface area contributed by atoms with Crippen molar-refractivity contribution in [3.63, 3.8) is 0 Å². The van der Waals surface area contributed by atoms with E-state index in [0.717, 1.165) is 19.3 Å². The van der Waals surface area contributed by atoms with E-state index in [1.54, 1.807) is 0 Å². The van der Waals surface area contributed by atoms with Crippen LogP contribution in [0.2, 0.25) is 0 Å². The Balaban J connectivity index is 0. The summed E-state index contributed by atoms with van der Waals surface area (Å²) in [6.45, 7) is 2.52. The first-order valence-corrected chi connectivity index (χ1v) is 10.8. The average Bonchev–Trinajstić information content (AvgIpc) is 2.49. The monoisotopic (exact) mass is 369 g/mol. The third-order valence-corrected chi connectivity index (χ3v) is 4.53. The predicted molar refractivity (Wildman–Crippen MR) is 97.2 cm³/mol. The summed E-state index contributed by atoms with van der Waals surface area (Å²) >= 11 is 0. The Kier molecular flexibility index (Phi) is 22.3. The van der Waals surface area contributed by atoms with Crippen LogP contribution in [0.3, 0.4) is 0 Å². The van der Waals surface area contributed by atoms with Crippen molar-refractivity contribution in [2.24, 2.45) is 0 Å². The van der Waals surface area contributed by atoms with Crippen molar-refractivity contribution in [1.82, 2.24) is 4.72 Å². The number of allylic oxidation sites excluding steroid dienone is 2. The molecule has 0 amide bonds. The Morgan fingerprint density at radius 3 is 1.62 bits per heavy atom. The summed E-state index contributed by atoms with van der Waals surface area (Å²) < 4.78 is 32.9. The van der Waals surface area contributed by atoms with E-state index in [-0.39, 0.29) is 36.1 Å². The van der Waals surface area contributed by atoms with E-state index in [0.29, 0.717) is 0 Å². The molecule has 0 saturated heterocycles. The van der Waals surface area contributed by atoms with Crippen molar-refractivity contribution >= 4 is 10.3 Å². The van der Waals surface area contributed by atoms with Gasteiger partial charge >= 0.3 is 29.6 Å². The normalized spacial score (nSPS) is 11.8. The summed E-state index contributed by atoms with van der Waals surface area (Å²) in [5, 5.41) is 0. The van der Waals surface area contributed by atoms with Crippen LogP contribution in [0.15, 0.2) is 12.2 Å². The zero-order chi connectivity index (χ0) is 17.2. The summed E-state index contributed by atoms with van der Waals surface area (Å²) in [4.78, 5) is 0. The second-order valence-corrected chi connectivity index (χ2v) is 7.48. The van der Waals surface area contributed by atoms with Gasteiger partial charge in [0.1, 0.15) is 0 Å². The van der Waals surface area contributed by atoms with Gasteiger partial charge in [0.15, 0.2) is 10.3 Å². The second kappa shape index (κ2) is 19.9. The zero-order valence-electron chi connectivity index (χ0n) is 15.9. The van der Waals surface area contributed by atoms with Crippen LogP contribution >= 0.6 is 0 Å². The van der Waals surface area contributed by atoms with Crippen molar-refractivity contribution in [1.29, 1.82) is 0 Å². The molecule has 1 N–H and O–H groups in total. The molecule has 0 atom stereocenters. The molecule has 0 aromatic carbocycles. The van der Waals surface area contributed by atoms with Gasteiger partial charge in [-0.2, -0.15) is 0 Å². The number of nitrogens with one attached hydrogen (secondary N) is 1. The van der Waals surface area contributed by atoms with E-state index in [4.69, 9.17) is 0 Å². The van der Waals surface area contributed by atoms with Crippen LogP contribution in [-0.4, -0.2) is 19.5 Å². The van der Waals surface area contributed by atoms with Gasteiger partial charge in [-0.05, 0) is 32.1 Å². The molecule has 0 aliphatic carbocycles. The largest absolute Gasteiger partial charge is 1.00 e. The summed E-state index contributed by atoms with van der Waals surface area (Å²) in [6, 6.07) is 0. The standard InChI is InChI=1S/C18H37NO3S.Na/c1-2-3-4-5-6-7-8-9-10-11-12-13-14-15-16-17-18-19-23(20,21)22;/h9-10,19H,2-8,11-18H2,1H3,(H,20,21,22);/q;+1/p-1. The number of hydrogen-bond acceptors (Lipinski definition) is 3. The van der Waals surface area contributed by atoms with Crippen molar-refractivity contribution in [2.45, 2.75) is 96.8 Å². The molecule has 0 aromatic heterocycles. The third-order valence-electron chi connectivity index (χ3n) is 3.97. The van der Waals surface area contributed by atoms with Crippen LogP contribution in [0.25, 0.3) is 0 Å². The fourth-order valence-electron chi connectivity index (χ4n) is 2.57. The molecule has 0 fully saturated rings. The van der Waals surface area contributed by atoms with Crippen molar-refractivity contribution < 1.29 is 42.5 Å². The molecule has 0 saturated carbocycles. The molecule has 0 unspecified atom stereocenters. The molecule has 0 aliphatic rings. The average molecular weight is 370 g/mol. The van der Waals surface area contributed by atoms with E-state index in [1.807, 2.05) is 4.72 Å². The first-order valence-electron chi connectivity index (χ1n) is 9.41. The Hall–Kier alpha value is 0.610. The summed E-state index contributed by atoms with van der Waals surface area (Å²) in [7, 11) is -4.25. The summed E-state index contributed by atoms with van der Waals surface area (Å²) in [5.74, 6) is 0. The first-order chi connectivity index (χ1) is 11.1. The second-order valence-electron chi connectivity index (χ2n) is 6.29. The van der Waals surface area contributed by atoms with E-state index in [2.05, 4.69) is 19.1 Å². The van der Waals surface area contributed by atoms with Crippen LogP contribution in [0, 0.1) is 0 Å². The van der Waals surface area contributed by atoms with Gasteiger partial charge in [-0.15, -0.1) is 0 Å². The molecule has 0 rings (SSSR count). The molecular weight excluding hydrogens is 333 g/mol. The minimum absolute atomic E-state index is 0. The fraction of sp³-hybridized carbons (Fsp3) is 0.889. The number of rotatable bonds is 17. The molecule has 0 aromatic rings. The molecule has 0 heterocycles. The molecule has 0 spiro atoms. The van der Waals surface area contributed by atoms with Crippen molar-refractivity contribution in [3.05, 3.63) is 12.2 Å². The van der Waals surface area contributed by atoms with Gasteiger partial charge in [0, 0.05) is 6.54 Å². The van der Waals surface area contributed by atoms with Gasteiger partial charge in [0.2, 0.25) is 0 Å². The molecule has 6 heteroatoms. The summed E-state index contributed by atoms with van der Waals surface area (Å²) in [5.41, 5.74) is 0. The van der Waals surface area contributed by atoms with Crippen molar-refractivity contribution in [2.75, 3.05) is 6.54 Å².